The van der Waals surface area contributed by atoms with E-state index >= 15 is 0 Å². The molecule has 0 bridgehead atoms. The molecule has 3 fully saturated rings. The largest absolute Gasteiger partial charge is 0.392 e. The molecular weight excluding hydrogens is 390 g/mol. The summed E-state index contributed by atoms with van der Waals surface area (Å²) in [5, 5.41) is 21.0. The van der Waals surface area contributed by atoms with Crippen LogP contribution < -0.4 is 0 Å². The lowest BCUT2D eigenvalue weighted by molar-refractivity contribution is -0.139. The van der Waals surface area contributed by atoms with Crippen molar-refractivity contribution in [1.29, 1.82) is 0 Å². The average Bonchev–Trinajstić information content (AvgIpc) is 3.40. The van der Waals surface area contributed by atoms with Crippen LogP contribution in [0, 0.1) is 23.7 Å². The van der Waals surface area contributed by atoms with Crippen LogP contribution in [0.3, 0.4) is 0 Å². The zero-order valence-electron chi connectivity index (χ0n) is 19.9. The van der Waals surface area contributed by atoms with Gasteiger partial charge < -0.3 is 19.8 Å². The minimum absolute atomic E-state index is 0.0424. The molecule has 1 amide bonds. The van der Waals surface area contributed by atoms with Crippen molar-refractivity contribution in [1.82, 2.24) is 4.90 Å². The SMILES string of the molecule is CC(C)N(C(=O)COCC=C1C[C@H]2C[C@@H](O)[C@H](C=C[C@@H](O)C3CCCC3)[C@H]2C1)C(C)C. The number of nitrogens with zero attached hydrogens (tertiary/aromatic N) is 1. The molecular formula is C26H43NO4. The first kappa shape index (κ1) is 24.5. The number of ether oxygens (including phenoxy) is 1. The maximum Gasteiger partial charge on any atom is 0.249 e. The molecule has 2 N–H and O–H groups in total. The summed E-state index contributed by atoms with van der Waals surface area (Å²) in [5.41, 5.74) is 1.38. The third-order valence-corrected chi connectivity index (χ3v) is 7.64. The number of hydrogen-bond acceptors (Lipinski definition) is 4. The van der Waals surface area contributed by atoms with E-state index in [-0.39, 0.29) is 42.7 Å². The van der Waals surface area contributed by atoms with Gasteiger partial charge in [-0.1, -0.05) is 36.6 Å². The first-order chi connectivity index (χ1) is 14.8. The zero-order valence-corrected chi connectivity index (χ0v) is 19.9. The molecule has 0 aliphatic heterocycles. The number of aliphatic hydroxyl groups excluding tert-OH is 2. The van der Waals surface area contributed by atoms with Crippen LogP contribution in [0.15, 0.2) is 23.8 Å². The summed E-state index contributed by atoms with van der Waals surface area (Å²) in [6.07, 6.45) is 13.1. The predicted octanol–water partition coefficient (Wildman–Crippen LogP) is 4.09. The molecule has 176 valence electrons. The summed E-state index contributed by atoms with van der Waals surface area (Å²) in [6, 6.07) is 0.347. The monoisotopic (exact) mass is 433 g/mol. The Morgan fingerprint density at radius 1 is 1.16 bits per heavy atom. The average molecular weight is 434 g/mol. The van der Waals surface area contributed by atoms with Crippen molar-refractivity contribution in [3.8, 4) is 0 Å². The van der Waals surface area contributed by atoms with Crippen LogP contribution in [0.4, 0.5) is 0 Å². The Morgan fingerprint density at radius 3 is 2.48 bits per heavy atom. The molecule has 0 radical (unpaired) electrons. The van der Waals surface area contributed by atoms with Crippen molar-refractivity contribution in [2.75, 3.05) is 13.2 Å². The molecule has 5 heteroatoms. The van der Waals surface area contributed by atoms with Crippen LogP contribution in [0.5, 0.6) is 0 Å². The lowest BCUT2D eigenvalue weighted by Crippen LogP contribution is -2.43. The topological polar surface area (TPSA) is 70.0 Å². The number of carbonyl (C=O) groups is 1. The van der Waals surface area contributed by atoms with E-state index in [1.807, 2.05) is 38.7 Å². The highest BCUT2D eigenvalue weighted by atomic mass is 16.5. The summed E-state index contributed by atoms with van der Waals surface area (Å²) in [7, 11) is 0. The van der Waals surface area contributed by atoms with Gasteiger partial charge >= 0.3 is 0 Å². The third kappa shape index (κ3) is 6.21. The molecule has 3 aliphatic carbocycles. The molecule has 5 atom stereocenters. The van der Waals surface area contributed by atoms with Crippen molar-refractivity contribution in [2.45, 2.75) is 96.9 Å². The van der Waals surface area contributed by atoms with Crippen LogP contribution in [0.25, 0.3) is 0 Å². The van der Waals surface area contributed by atoms with Gasteiger partial charge in [0.05, 0.1) is 18.8 Å². The van der Waals surface area contributed by atoms with Crippen molar-refractivity contribution in [3.05, 3.63) is 23.8 Å². The standard InChI is InChI=1S/C26H43NO4/c1-17(2)27(18(3)4)26(30)16-31-12-11-19-13-21-15-25(29)22(23(21)14-19)9-10-24(28)20-7-5-6-8-20/h9-11,17-18,20-25,28-29H,5-8,12-16H2,1-4H3/t21-,22+,23-,24+,25+/m0/s1. The lowest BCUT2D eigenvalue weighted by Gasteiger charge is -2.30. The van der Waals surface area contributed by atoms with Crippen LogP contribution in [-0.4, -0.2) is 58.5 Å². The number of fused-ring (bicyclic) bond motifs is 1. The predicted molar refractivity (Wildman–Crippen MR) is 123 cm³/mol. The smallest absolute Gasteiger partial charge is 0.249 e. The van der Waals surface area contributed by atoms with Crippen molar-refractivity contribution < 1.29 is 19.7 Å². The van der Waals surface area contributed by atoms with Gasteiger partial charge in [0.15, 0.2) is 0 Å². The lowest BCUT2D eigenvalue weighted by atomic mass is 9.89. The molecule has 31 heavy (non-hydrogen) atoms. The first-order valence-corrected chi connectivity index (χ1v) is 12.4. The van der Waals surface area contributed by atoms with Crippen molar-refractivity contribution in [2.24, 2.45) is 23.7 Å². The van der Waals surface area contributed by atoms with Gasteiger partial charge in [0, 0.05) is 18.0 Å². The van der Waals surface area contributed by atoms with Gasteiger partial charge in [0.1, 0.15) is 6.61 Å². The third-order valence-electron chi connectivity index (χ3n) is 7.64. The Kier molecular flexibility index (Phi) is 8.77. The maximum atomic E-state index is 12.4. The second-order valence-electron chi connectivity index (χ2n) is 10.5. The molecule has 3 rings (SSSR count). The Morgan fingerprint density at radius 2 is 1.84 bits per heavy atom. The highest BCUT2D eigenvalue weighted by Crippen LogP contribution is 2.50. The summed E-state index contributed by atoms with van der Waals surface area (Å²) >= 11 is 0. The molecule has 5 nitrogen and oxygen atoms in total. The number of allylic oxidation sites excluding steroid dienone is 1. The van der Waals surface area contributed by atoms with Crippen molar-refractivity contribution >= 4 is 5.91 Å². The minimum atomic E-state index is -0.368. The van der Waals surface area contributed by atoms with E-state index in [0.29, 0.717) is 24.4 Å². The van der Waals surface area contributed by atoms with Crippen molar-refractivity contribution in [3.63, 3.8) is 0 Å². The molecule has 0 unspecified atom stereocenters. The van der Waals surface area contributed by atoms with E-state index in [2.05, 4.69) is 12.2 Å². The van der Waals surface area contributed by atoms with E-state index in [1.54, 1.807) is 0 Å². The van der Waals surface area contributed by atoms with E-state index in [4.69, 9.17) is 4.74 Å². The second-order valence-corrected chi connectivity index (χ2v) is 10.5. The Labute approximate surface area is 188 Å². The quantitative estimate of drug-likeness (QED) is 0.424. The Hall–Kier alpha value is -1.17. The van der Waals surface area contributed by atoms with Gasteiger partial charge in [-0.2, -0.15) is 0 Å². The van der Waals surface area contributed by atoms with Crippen LogP contribution in [0.1, 0.15) is 72.6 Å². The van der Waals surface area contributed by atoms with Gasteiger partial charge in [-0.3, -0.25) is 4.79 Å². The number of hydrogen-bond donors (Lipinski definition) is 2. The van der Waals surface area contributed by atoms with E-state index in [9.17, 15) is 15.0 Å². The molecule has 0 heterocycles. The van der Waals surface area contributed by atoms with Gasteiger partial charge in [-0.15, -0.1) is 0 Å². The summed E-state index contributed by atoms with van der Waals surface area (Å²) in [4.78, 5) is 14.3. The number of aliphatic hydroxyl groups is 2. The van der Waals surface area contributed by atoms with Crippen LogP contribution in [-0.2, 0) is 9.53 Å². The molecule has 3 saturated carbocycles. The van der Waals surface area contributed by atoms with Crippen LogP contribution >= 0.6 is 0 Å². The normalized spacial score (nSPS) is 31.4. The summed E-state index contributed by atoms with van der Waals surface area (Å²) < 4.78 is 5.68. The van der Waals surface area contributed by atoms with Gasteiger partial charge in [-0.25, -0.2) is 0 Å². The summed E-state index contributed by atoms with van der Waals surface area (Å²) in [6.45, 7) is 8.71. The van der Waals surface area contributed by atoms with E-state index < -0.39 is 0 Å². The fourth-order valence-electron chi connectivity index (χ4n) is 6.21. The first-order valence-electron chi connectivity index (χ1n) is 12.4. The Bertz CT molecular complexity index is 642. The molecule has 0 saturated heterocycles. The van der Waals surface area contributed by atoms with Gasteiger partial charge in [-0.05, 0) is 77.6 Å². The molecule has 0 spiro atoms. The molecule has 3 aliphatic rings. The summed E-state index contributed by atoms with van der Waals surface area (Å²) in [5.74, 6) is 1.54. The second kappa shape index (κ2) is 11.1. The number of carbonyl (C=O) groups excluding carboxylic acids is 1. The zero-order chi connectivity index (χ0) is 22.5. The molecule has 0 aromatic carbocycles. The maximum absolute atomic E-state index is 12.4. The van der Waals surface area contributed by atoms with Gasteiger partial charge in [0.25, 0.3) is 0 Å². The van der Waals surface area contributed by atoms with Crippen LogP contribution in [0.2, 0.25) is 0 Å². The highest BCUT2D eigenvalue weighted by Gasteiger charge is 2.45. The van der Waals surface area contributed by atoms with Gasteiger partial charge in [0.2, 0.25) is 5.91 Å². The number of rotatable bonds is 9. The molecule has 0 aromatic rings. The van der Waals surface area contributed by atoms with E-state index in [0.717, 1.165) is 32.1 Å². The fourth-order valence-corrected chi connectivity index (χ4v) is 6.21. The molecule has 0 aromatic heterocycles. The highest BCUT2D eigenvalue weighted by molar-refractivity contribution is 5.78. The Balaban J connectivity index is 1.47. The number of amides is 1. The van der Waals surface area contributed by atoms with E-state index in [1.165, 1.54) is 18.4 Å². The minimum Gasteiger partial charge on any atom is -0.392 e. The fraction of sp³-hybridized carbons (Fsp3) is 0.808.